The van der Waals surface area contributed by atoms with Gasteiger partial charge >= 0.3 is 0 Å². The molecular formula is C19H23N3O2. The van der Waals surface area contributed by atoms with Crippen LogP contribution in [0.2, 0.25) is 0 Å². The van der Waals surface area contributed by atoms with Crippen molar-refractivity contribution >= 4 is 11.6 Å². The molecule has 126 valence electrons. The number of hydrogen-bond acceptors (Lipinski definition) is 4. The van der Waals surface area contributed by atoms with Crippen molar-refractivity contribution in [1.82, 2.24) is 10.3 Å². The van der Waals surface area contributed by atoms with Gasteiger partial charge in [-0.3, -0.25) is 9.78 Å². The number of pyridine rings is 1. The van der Waals surface area contributed by atoms with Gasteiger partial charge in [0.1, 0.15) is 5.75 Å². The number of hydrogen-bond donors (Lipinski definition) is 1. The van der Waals surface area contributed by atoms with Crippen molar-refractivity contribution < 1.29 is 9.53 Å². The number of ether oxygens (including phenoxy) is 1. The molecule has 2 aromatic rings. The van der Waals surface area contributed by atoms with Crippen LogP contribution in [0, 0.1) is 6.92 Å². The first kappa shape index (κ1) is 16.3. The molecule has 0 spiro atoms. The number of para-hydroxylation sites is 1. The van der Waals surface area contributed by atoms with Crippen molar-refractivity contribution in [1.29, 1.82) is 0 Å². The average molecular weight is 325 g/mol. The fourth-order valence-electron chi connectivity index (χ4n) is 3.13. The van der Waals surface area contributed by atoms with E-state index in [0.717, 1.165) is 31.6 Å². The van der Waals surface area contributed by atoms with E-state index >= 15 is 0 Å². The molecule has 1 aromatic heterocycles. The molecule has 1 aliphatic heterocycles. The zero-order chi connectivity index (χ0) is 16.9. The third-order valence-corrected chi connectivity index (χ3v) is 4.34. The molecule has 0 atom stereocenters. The summed E-state index contributed by atoms with van der Waals surface area (Å²) >= 11 is 0. The van der Waals surface area contributed by atoms with Gasteiger partial charge in [0.2, 0.25) is 0 Å². The lowest BCUT2D eigenvalue weighted by Gasteiger charge is -2.31. The van der Waals surface area contributed by atoms with Crippen LogP contribution >= 0.6 is 0 Å². The van der Waals surface area contributed by atoms with Gasteiger partial charge < -0.3 is 15.0 Å². The number of amides is 1. The van der Waals surface area contributed by atoms with Crippen LogP contribution in [0.3, 0.4) is 0 Å². The lowest BCUT2D eigenvalue weighted by Crippen LogP contribution is -2.37. The predicted octanol–water partition coefficient (Wildman–Crippen LogP) is 2.58. The number of aromatic nitrogens is 1. The number of methoxy groups -OCH3 is 1. The van der Waals surface area contributed by atoms with Gasteiger partial charge in [0.05, 0.1) is 18.9 Å². The van der Waals surface area contributed by atoms with Crippen LogP contribution in [-0.2, 0) is 6.42 Å². The molecule has 1 amide bonds. The third kappa shape index (κ3) is 3.50. The maximum Gasteiger partial charge on any atom is 0.255 e. The zero-order valence-corrected chi connectivity index (χ0v) is 14.2. The Balaban J connectivity index is 1.61. The highest BCUT2D eigenvalue weighted by molar-refractivity contribution is 5.96. The van der Waals surface area contributed by atoms with Crippen LogP contribution < -0.4 is 15.0 Å². The molecule has 0 aliphatic carbocycles. The zero-order valence-electron chi connectivity index (χ0n) is 14.2. The van der Waals surface area contributed by atoms with E-state index in [1.165, 1.54) is 11.3 Å². The van der Waals surface area contributed by atoms with Crippen molar-refractivity contribution in [3.05, 3.63) is 53.3 Å². The summed E-state index contributed by atoms with van der Waals surface area (Å²) in [5.41, 5.74) is 4.01. The second kappa shape index (κ2) is 7.34. The lowest BCUT2D eigenvalue weighted by molar-refractivity contribution is 0.0951. The van der Waals surface area contributed by atoms with Gasteiger partial charge in [0.25, 0.3) is 5.91 Å². The molecule has 0 bridgehead atoms. The lowest BCUT2D eigenvalue weighted by atomic mass is 10.0. The van der Waals surface area contributed by atoms with Gasteiger partial charge in [-0.2, -0.15) is 0 Å². The van der Waals surface area contributed by atoms with E-state index in [2.05, 4.69) is 39.5 Å². The van der Waals surface area contributed by atoms with Gasteiger partial charge in [-0.15, -0.1) is 0 Å². The fraction of sp³-hybridized carbons (Fsp3) is 0.368. The minimum Gasteiger partial charge on any atom is -0.494 e. The van der Waals surface area contributed by atoms with Crippen molar-refractivity contribution in [2.24, 2.45) is 0 Å². The Hall–Kier alpha value is -2.56. The van der Waals surface area contributed by atoms with Crippen LogP contribution in [0.1, 0.15) is 28.0 Å². The Morgan fingerprint density at radius 2 is 2.21 bits per heavy atom. The first-order valence-electron chi connectivity index (χ1n) is 8.30. The molecule has 0 fully saturated rings. The summed E-state index contributed by atoms with van der Waals surface area (Å²) in [6.45, 7) is 4.29. The van der Waals surface area contributed by atoms with Crippen molar-refractivity contribution in [3.63, 3.8) is 0 Å². The number of fused-ring (bicyclic) bond motifs is 1. The molecule has 5 nitrogen and oxygen atoms in total. The van der Waals surface area contributed by atoms with Crippen LogP contribution in [0.25, 0.3) is 0 Å². The van der Waals surface area contributed by atoms with E-state index in [1.807, 2.05) is 6.92 Å². The second-order valence-electron chi connectivity index (χ2n) is 6.00. The van der Waals surface area contributed by atoms with Gasteiger partial charge in [-0.05, 0) is 37.5 Å². The quantitative estimate of drug-likeness (QED) is 0.918. The highest BCUT2D eigenvalue weighted by Crippen LogP contribution is 2.26. The van der Waals surface area contributed by atoms with Crippen molar-refractivity contribution in [2.45, 2.75) is 19.8 Å². The Labute approximate surface area is 142 Å². The summed E-state index contributed by atoms with van der Waals surface area (Å²) in [5, 5.41) is 2.99. The molecule has 5 heteroatoms. The second-order valence-corrected chi connectivity index (χ2v) is 6.00. The fourth-order valence-corrected chi connectivity index (χ4v) is 3.13. The molecule has 2 heterocycles. The smallest absolute Gasteiger partial charge is 0.255 e. The SMILES string of the molecule is COc1cnc(C)cc1C(=O)NCCN1CCCc2ccccc21. The molecular weight excluding hydrogens is 302 g/mol. The van der Waals surface area contributed by atoms with Crippen LogP contribution in [0.5, 0.6) is 5.75 Å². The molecule has 1 aromatic carbocycles. The summed E-state index contributed by atoms with van der Waals surface area (Å²) in [6.07, 6.45) is 3.87. The van der Waals surface area contributed by atoms with E-state index in [-0.39, 0.29) is 5.91 Å². The van der Waals surface area contributed by atoms with Gasteiger partial charge in [-0.25, -0.2) is 0 Å². The van der Waals surface area contributed by atoms with Crippen LogP contribution in [-0.4, -0.2) is 37.6 Å². The summed E-state index contributed by atoms with van der Waals surface area (Å²) in [4.78, 5) is 18.9. The van der Waals surface area contributed by atoms with Crippen molar-refractivity contribution in [2.75, 3.05) is 31.6 Å². The average Bonchev–Trinajstić information content (AvgIpc) is 2.61. The number of nitrogens with zero attached hydrogens (tertiary/aromatic N) is 2. The largest absolute Gasteiger partial charge is 0.494 e. The maximum atomic E-state index is 12.4. The number of aryl methyl sites for hydroxylation is 2. The monoisotopic (exact) mass is 325 g/mol. The number of benzene rings is 1. The van der Waals surface area contributed by atoms with Gasteiger partial charge in [-0.1, -0.05) is 18.2 Å². The molecule has 0 radical (unpaired) electrons. The molecule has 24 heavy (non-hydrogen) atoms. The number of nitrogens with one attached hydrogen (secondary N) is 1. The summed E-state index contributed by atoms with van der Waals surface area (Å²) in [6, 6.07) is 10.3. The Morgan fingerprint density at radius 1 is 1.38 bits per heavy atom. The normalized spacial score (nSPS) is 13.3. The predicted molar refractivity (Wildman–Crippen MR) is 94.8 cm³/mol. The topological polar surface area (TPSA) is 54.5 Å². The summed E-state index contributed by atoms with van der Waals surface area (Å²) in [7, 11) is 1.55. The standard InChI is InChI=1S/C19H23N3O2/c1-14-12-16(18(24-2)13-21-14)19(23)20-9-11-22-10-5-7-15-6-3-4-8-17(15)22/h3-4,6,8,12-13H,5,7,9-11H2,1-2H3,(H,20,23). The molecule has 1 aliphatic rings. The molecule has 0 unspecified atom stereocenters. The van der Waals surface area contributed by atoms with Crippen molar-refractivity contribution in [3.8, 4) is 5.75 Å². The van der Waals surface area contributed by atoms with E-state index in [1.54, 1.807) is 19.4 Å². The molecule has 0 saturated carbocycles. The van der Waals surface area contributed by atoms with Gasteiger partial charge in [0.15, 0.2) is 0 Å². The Bertz CT molecular complexity index is 730. The van der Waals surface area contributed by atoms with E-state index < -0.39 is 0 Å². The number of rotatable bonds is 5. The Morgan fingerprint density at radius 3 is 3.04 bits per heavy atom. The third-order valence-electron chi connectivity index (χ3n) is 4.34. The first-order valence-corrected chi connectivity index (χ1v) is 8.30. The van der Waals surface area contributed by atoms with E-state index in [4.69, 9.17) is 4.74 Å². The number of carbonyl (C=O) groups is 1. The van der Waals surface area contributed by atoms with E-state index in [0.29, 0.717) is 17.9 Å². The minimum absolute atomic E-state index is 0.123. The molecule has 1 N–H and O–H groups in total. The van der Waals surface area contributed by atoms with Crippen LogP contribution in [0.4, 0.5) is 5.69 Å². The minimum atomic E-state index is -0.123. The van der Waals surface area contributed by atoms with Crippen LogP contribution in [0.15, 0.2) is 36.5 Å². The highest BCUT2D eigenvalue weighted by atomic mass is 16.5. The summed E-state index contributed by atoms with van der Waals surface area (Å²) < 4.78 is 5.23. The molecule has 0 saturated heterocycles. The first-order chi connectivity index (χ1) is 11.7. The highest BCUT2D eigenvalue weighted by Gasteiger charge is 2.17. The summed E-state index contributed by atoms with van der Waals surface area (Å²) in [5.74, 6) is 0.379. The molecule has 3 rings (SSSR count). The Kier molecular flexibility index (Phi) is 4.99. The van der Waals surface area contributed by atoms with Gasteiger partial charge in [0, 0.05) is 31.0 Å². The van der Waals surface area contributed by atoms with E-state index in [9.17, 15) is 4.79 Å². The number of anilines is 1. The number of carbonyl (C=O) groups excluding carboxylic acids is 1. The maximum absolute atomic E-state index is 12.4.